The van der Waals surface area contributed by atoms with Gasteiger partial charge < -0.3 is 45.7 Å². The van der Waals surface area contributed by atoms with Crippen LogP contribution in [-0.2, 0) is 32.9 Å². The number of methoxy groups -OCH3 is 1. The Morgan fingerprint density at radius 2 is 1.74 bits per heavy atom. The minimum atomic E-state index is -4.48. The molecule has 0 spiro atoms. The van der Waals surface area contributed by atoms with Crippen LogP contribution in [0, 0.1) is 11.8 Å². The van der Waals surface area contributed by atoms with Crippen LogP contribution in [0.15, 0.2) is 59.1 Å². The van der Waals surface area contributed by atoms with Crippen LogP contribution in [0.4, 0.5) is 23.3 Å². The van der Waals surface area contributed by atoms with Crippen LogP contribution >= 0.6 is 7.67 Å². The highest BCUT2D eigenvalue weighted by Crippen LogP contribution is 2.53. The molecule has 54 heavy (non-hydrogen) atoms. The second-order valence-electron chi connectivity index (χ2n) is 13.4. The molecule has 0 bridgehead atoms. The minimum absolute atomic E-state index is 0.0108. The average molecular weight is 771 g/mol. The number of nitrogens with two attached hydrogens (primary N) is 2. The first-order chi connectivity index (χ1) is 25.8. The summed E-state index contributed by atoms with van der Waals surface area (Å²) in [4.78, 5) is 39.3. The zero-order chi connectivity index (χ0) is 39.0. The number of aliphatic hydroxyl groups is 2. The predicted molar refractivity (Wildman–Crippen MR) is 203 cm³/mol. The van der Waals surface area contributed by atoms with Gasteiger partial charge in [-0.15, -0.1) is 0 Å². The first-order valence-electron chi connectivity index (χ1n) is 18.1. The van der Waals surface area contributed by atoms with E-state index in [1.165, 1.54) is 13.3 Å². The SMILES string of the molecule is CCOC(=O)C(NP(=O)(NC(C(=O)OCC)c1ccccc1)OCC(OC)C(O)C1(O)C(C)C1/C=N\c1c(N)nc(N)nc1NC1CC1)C1=CCCC=C1. The number of aromatic nitrogens is 2. The molecule has 17 nitrogen and oxygen atoms in total. The number of benzene rings is 1. The highest BCUT2D eigenvalue weighted by Gasteiger charge is 2.66. The van der Waals surface area contributed by atoms with Crippen LogP contribution in [0.25, 0.3) is 0 Å². The summed E-state index contributed by atoms with van der Waals surface area (Å²) in [5.41, 5.74) is 11.4. The van der Waals surface area contributed by atoms with E-state index in [9.17, 15) is 24.4 Å². The lowest BCUT2D eigenvalue weighted by Gasteiger charge is -2.32. The second kappa shape index (κ2) is 17.9. The number of anilines is 3. The maximum Gasteiger partial charge on any atom is 0.342 e. The van der Waals surface area contributed by atoms with Crippen LogP contribution in [0.1, 0.15) is 58.1 Å². The first-order valence-corrected chi connectivity index (χ1v) is 19.7. The monoisotopic (exact) mass is 770 g/mol. The van der Waals surface area contributed by atoms with Crippen molar-refractivity contribution in [3.63, 3.8) is 0 Å². The van der Waals surface area contributed by atoms with Crippen LogP contribution in [-0.4, -0.2) is 95.2 Å². The predicted octanol–water partition coefficient (Wildman–Crippen LogP) is 3.11. The molecule has 2 saturated carbocycles. The summed E-state index contributed by atoms with van der Waals surface area (Å²) < 4.78 is 37.2. The molecule has 18 heteroatoms. The Hall–Kier alpha value is -4.22. The number of carbonyl (C=O) groups is 2. The van der Waals surface area contributed by atoms with Crippen LogP contribution in [0.3, 0.4) is 0 Å². The fraction of sp³-hybridized carbons (Fsp3) is 0.528. The number of aliphatic hydroxyl groups excluding tert-OH is 1. The summed E-state index contributed by atoms with van der Waals surface area (Å²) in [7, 11) is -3.18. The number of esters is 2. The van der Waals surface area contributed by atoms with Gasteiger partial charge in [-0.2, -0.15) is 9.97 Å². The molecule has 0 amide bonds. The van der Waals surface area contributed by atoms with Crippen LogP contribution in [0.5, 0.6) is 0 Å². The van der Waals surface area contributed by atoms with E-state index in [-0.39, 0.29) is 36.7 Å². The number of nitrogen functional groups attached to an aromatic ring is 2. The molecule has 9 N–H and O–H groups in total. The van der Waals surface area contributed by atoms with E-state index < -0.39 is 67.9 Å². The van der Waals surface area contributed by atoms with E-state index >= 15 is 0 Å². The number of hydrogen-bond donors (Lipinski definition) is 7. The molecule has 1 aromatic heterocycles. The molecule has 3 aliphatic carbocycles. The largest absolute Gasteiger partial charge is 0.465 e. The number of allylic oxidation sites excluding steroid dienone is 2. The number of nitrogens with one attached hydrogen (secondary N) is 3. The van der Waals surface area contributed by atoms with Gasteiger partial charge in [0.2, 0.25) is 5.95 Å². The molecule has 1 aromatic carbocycles. The van der Waals surface area contributed by atoms with Crippen molar-refractivity contribution in [2.24, 2.45) is 16.8 Å². The average Bonchev–Trinajstić information content (AvgIpc) is 4.07. The maximum absolute atomic E-state index is 15.0. The molecular formula is C36H51N8O9P. The molecule has 0 aliphatic heterocycles. The smallest absolute Gasteiger partial charge is 0.342 e. The fourth-order valence-electron chi connectivity index (χ4n) is 6.30. The van der Waals surface area contributed by atoms with Gasteiger partial charge in [0, 0.05) is 25.3 Å². The second-order valence-corrected chi connectivity index (χ2v) is 15.2. The van der Waals surface area contributed by atoms with E-state index in [1.54, 1.807) is 57.2 Å². The van der Waals surface area contributed by atoms with E-state index in [0.717, 1.165) is 19.3 Å². The molecule has 3 aliphatic rings. The summed E-state index contributed by atoms with van der Waals surface area (Å²) >= 11 is 0. The van der Waals surface area contributed by atoms with Crippen molar-refractivity contribution in [2.45, 2.75) is 82.4 Å². The van der Waals surface area contributed by atoms with Crippen molar-refractivity contribution in [1.82, 2.24) is 20.1 Å². The standard InChI is InChI=1S/C36H51N8O9P/c1-5-51-33(46)27(22-13-9-7-10-14-22)43-54(49,44-28(34(47)52-6-2)23-15-11-8-12-16-23)53-20-26(50-4)30(45)36(48)21(3)25(36)19-39-29-31(37)41-35(38)42-32(29)40-24-17-18-24/h7,9-11,13-16,19,21,24-28,30,45,48H,5-6,8,12,17-18,20H2,1-4H3,(H2,43,44,49)(H5,37,38,40,41,42)/b39-19-. The number of carbonyl (C=O) groups excluding carboxylic acids is 2. The maximum atomic E-state index is 15.0. The van der Waals surface area contributed by atoms with Crippen molar-refractivity contribution < 1.29 is 43.1 Å². The van der Waals surface area contributed by atoms with E-state index in [1.807, 2.05) is 12.2 Å². The molecule has 2 aromatic rings. The lowest BCUT2D eigenvalue weighted by Crippen LogP contribution is -2.47. The molecule has 2 fully saturated rings. The Bertz CT molecular complexity index is 1780. The number of hydrogen-bond acceptors (Lipinski definition) is 15. The summed E-state index contributed by atoms with van der Waals surface area (Å²) in [5, 5.41) is 32.1. The summed E-state index contributed by atoms with van der Waals surface area (Å²) in [5.74, 6) is -2.22. The molecule has 0 radical (unpaired) electrons. The molecule has 8 unspecified atom stereocenters. The van der Waals surface area contributed by atoms with Crippen molar-refractivity contribution in [2.75, 3.05) is 43.7 Å². The van der Waals surface area contributed by atoms with Gasteiger partial charge in [0.05, 0.1) is 19.8 Å². The Morgan fingerprint density at radius 3 is 2.35 bits per heavy atom. The third-order valence-corrected chi connectivity index (χ3v) is 11.3. The van der Waals surface area contributed by atoms with Gasteiger partial charge in [-0.25, -0.2) is 19.8 Å². The normalized spacial score (nSPS) is 24.1. The minimum Gasteiger partial charge on any atom is -0.465 e. The van der Waals surface area contributed by atoms with Crippen LogP contribution in [0.2, 0.25) is 0 Å². The number of nitrogens with zero attached hydrogens (tertiary/aromatic N) is 3. The zero-order valence-corrected chi connectivity index (χ0v) is 31.8. The highest BCUT2D eigenvalue weighted by atomic mass is 31.2. The number of aliphatic imine (C=N–C) groups is 1. The molecule has 0 saturated heterocycles. The molecule has 1 heterocycles. The van der Waals surface area contributed by atoms with Crippen molar-refractivity contribution >= 4 is 49.1 Å². The lowest BCUT2D eigenvalue weighted by atomic mass is 10.0. The quantitative estimate of drug-likeness (QED) is 0.0580. The summed E-state index contributed by atoms with van der Waals surface area (Å²) in [6.07, 6.45) is 7.38. The zero-order valence-electron chi connectivity index (χ0n) is 30.9. The van der Waals surface area contributed by atoms with E-state index in [2.05, 4.69) is 30.5 Å². The van der Waals surface area contributed by atoms with E-state index in [0.29, 0.717) is 23.4 Å². The van der Waals surface area contributed by atoms with Crippen molar-refractivity contribution in [1.29, 1.82) is 0 Å². The Balaban J connectivity index is 1.40. The van der Waals surface area contributed by atoms with Gasteiger partial charge in [-0.3, -0.25) is 9.56 Å². The number of rotatable bonds is 20. The van der Waals surface area contributed by atoms with Gasteiger partial charge >= 0.3 is 19.6 Å². The molecular weight excluding hydrogens is 719 g/mol. The summed E-state index contributed by atoms with van der Waals surface area (Å²) in [6, 6.07) is 6.12. The molecule has 294 valence electrons. The third-order valence-electron chi connectivity index (χ3n) is 9.59. The third kappa shape index (κ3) is 9.71. The van der Waals surface area contributed by atoms with Gasteiger partial charge in [0.1, 0.15) is 35.6 Å². The van der Waals surface area contributed by atoms with E-state index in [4.69, 9.17) is 30.2 Å². The fourth-order valence-corrected chi connectivity index (χ4v) is 8.07. The van der Waals surface area contributed by atoms with Gasteiger partial charge in [-0.05, 0) is 56.6 Å². The highest BCUT2D eigenvalue weighted by molar-refractivity contribution is 7.54. The van der Waals surface area contributed by atoms with Gasteiger partial charge in [0.15, 0.2) is 11.6 Å². The lowest BCUT2D eigenvalue weighted by molar-refractivity contribution is -0.145. The number of ether oxygens (including phenoxy) is 3. The summed E-state index contributed by atoms with van der Waals surface area (Å²) in [6.45, 7) is 4.55. The van der Waals surface area contributed by atoms with Gasteiger partial charge in [0.25, 0.3) is 0 Å². The van der Waals surface area contributed by atoms with Gasteiger partial charge in [-0.1, -0.05) is 55.5 Å². The Kier molecular flexibility index (Phi) is 13.6. The Labute approximate surface area is 314 Å². The topological polar surface area (TPSA) is 255 Å². The van der Waals surface area contributed by atoms with Crippen LogP contribution < -0.4 is 27.0 Å². The first kappa shape index (κ1) is 41.0. The Morgan fingerprint density at radius 1 is 1.07 bits per heavy atom. The molecule has 8 atom stereocenters. The van der Waals surface area contributed by atoms with Crippen molar-refractivity contribution in [3.8, 4) is 0 Å². The van der Waals surface area contributed by atoms with Crippen molar-refractivity contribution in [3.05, 3.63) is 59.7 Å². The molecule has 5 rings (SSSR count).